The van der Waals surface area contributed by atoms with Gasteiger partial charge in [-0.1, -0.05) is 38.5 Å². The molecule has 1 saturated heterocycles. The van der Waals surface area contributed by atoms with E-state index < -0.39 is 0 Å². The fourth-order valence-electron chi connectivity index (χ4n) is 5.37. The molecular weight excluding hydrogens is 244 g/mol. The predicted octanol–water partition coefficient (Wildman–Crippen LogP) is 3.94. The van der Waals surface area contributed by atoms with E-state index >= 15 is 0 Å². The van der Waals surface area contributed by atoms with Gasteiger partial charge in [0.2, 0.25) is 0 Å². The average Bonchev–Trinajstić information content (AvgIpc) is 3.07. The first-order chi connectivity index (χ1) is 9.90. The van der Waals surface area contributed by atoms with Crippen LogP contribution in [0, 0.1) is 11.8 Å². The van der Waals surface area contributed by atoms with Crippen molar-refractivity contribution in [2.45, 2.75) is 89.1 Å². The van der Waals surface area contributed by atoms with Crippen LogP contribution in [0.4, 0.5) is 0 Å². The second-order valence-corrected chi connectivity index (χ2v) is 7.55. The molecule has 2 saturated carbocycles. The number of hydrogen-bond donors (Lipinski definition) is 1. The van der Waals surface area contributed by atoms with Crippen LogP contribution < -0.4 is 5.73 Å². The number of likely N-dealkylation sites (tertiary alicyclic amines) is 1. The van der Waals surface area contributed by atoms with Crippen molar-refractivity contribution in [1.82, 2.24) is 4.90 Å². The van der Waals surface area contributed by atoms with Crippen LogP contribution in [-0.4, -0.2) is 30.1 Å². The van der Waals surface area contributed by atoms with Gasteiger partial charge in [-0.25, -0.2) is 0 Å². The molecule has 116 valence electrons. The molecule has 20 heavy (non-hydrogen) atoms. The summed E-state index contributed by atoms with van der Waals surface area (Å²) in [4.78, 5) is 2.88. The molecule has 0 amide bonds. The van der Waals surface area contributed by atoms with Gasteiger partial charge in [-0.3, -0.25) is 4.90 Å². The smallest absolute Gasteiger partial charge is 0.0249 e. The highest BCUT2D eigenvalue weighted by Crippen LogP contribution is 2.38. The Balaban J connectivity index is 1.66. The van der Waals surface area contributed by atoms with E-state index in [9.17, 15) is 0 Å². The summed E-state index contributed by atoms with van der Waals surface area (Å²) < 4.78 is 0. The Kier molecular flexibility index (Phi) is 5.39. The molecule has 0 spiro atoms. The summed E-state index contributed by atoms with van der Waals surface area (Å²) in [5.74, 6) is 1.89. The second-order valence-electron chi connectivity index (χ2n) is 7.55. The molecule has 3 rings (SSSR count). The van der Waals surface area contributed by atoms with Crippen LogP contribution in [0.15, 0.2) is 0 Å². The van der Waals surface area contributed by atoms with Crippen LogP contribution in [0.1, 0.15) is 77.0 Å². The van der Waals surface area contributed by atoms with E-state index in [1.165, 1.54) is 83.6 Å². The van der Waals surface area contributed by atoms with E-state index in [1.807, 2.05) is 0 Å². The van der Waals surface area contributed by atoms with E-state index in [0.717, 1.165) is 24.4 Å². The van der Waals surface area contributed by atoms with E-state index in [2.05, 4.69) is 4.90 Å². The summed E-state index contributed by atoms with van der Waals surface area (Å²) in [7, 11) is 0. The van der Waals surface area contributed by atoms with E-state index in [-0.39, 0.29) is 0 Å². The first-order valence-corrected chi connectivity index (χ1v) is 9.36. The average molecular weight is 278 g/mol. The van der Waals surface area contributed by atoms with E-state index in [4.69, 9.17) is 5.73 Å². The first-order valence-electron chi connectivity index (χ1n) is 9.36. The zero-order valence-electron chi connectivity index (χ0n) is 13.2. The summed E-state index contributed by atoms with van der Waals surface area (Å²) >= 11 is 0. The van der Waals surface area contributed by atoms with Gasteiger partial charge in [0.05, 0.1) is 0 Å². The highest BCUT2D eigenvalue weighted by atomic mass is 15.2. The van der Waals surface area contributed by atoms with Crippen LogP contribution in [0.2, 0.25) is 0 Å². The summed E-state index contributed by atoms with van der Waals surface area (Å²) in [6, 6.07) is 1.58. The van der Waals surface area contributed by atoms with Crippen molar-refractivity contribution >= 4 is 0 Å². The number of nitrogens with zero attached hydrogens (tertiary/aromatic N) is 1. The lowest BCUT2D eigenvalue weighted by atomic mass is 9.88. The van der Waals surface area contributed by atoms with Crippen LogP contribution in [-0.2, 0) is 0 Å². The van der Waals surface area contributed by atoms with Crippen molar-refractivity contribution in [3.05, 3.63) is 0 Å². The molecule has 0 bridgehead atoms. The van der Waals surface area contributed by atoms with E-state index in [0.29, 0.717) is 6.04 Å². The topological polar surface area (TPSA) is 29.3 Å². The maximum absolute atomic E-state index is 6.25. The van der Waals surface area contributed by atoms with Crippen LogP contribution >= 0.6 is 0 Å². The zero-order chi connectivity index (χ0) is 13.8. The molecule has 0 aromatic carbocycles. The van der Waals surface area contributed by atoms with Crippen molar-refractivity contribution in [2.75, 3.05) is 13.1 Å². The Labute approximate surface area is 125 Å². The standard InChI is InChI=1S/C18H34N2/c19-14-18(16-8-3-1-2-4-9-16)20-13-7-12-17(20)15-10-5-6-11-15/h15-18H,1-14,19H2. The minimum absolute atomic E-state index is 0.696. The van der Waals surface area contributed by atoms with Gasteiger partial charge < -0.3 is 5.73 Å². The largest absolute Gasteiger partial charge is 0.329 e. The van der Waals surface area contributed by atoms with Crippen molar-refractivity contribution in [1.29, 1.82) is 0 Å². The summed E-state index contributed by atoms with van der Waals surface area (Å²) in [6.07, 6.45) is 17.5. The molecule has 2 atom stereocenters. The first kappa shape index (κ1) is 14.8. The second kappa shape index (κ2) is 7.26. The van der Waals surface area contributed by atoms with Crippen LogP contribution in [0.3, 0.4) is 0 Å². The Morgan fingerprint density at radius 3 is 2.10 bits per heavy atom. The van der Waals surface area contributed by atoms with Gasteiger partial charge in [0, 0.05) is 18.6 Å². The minimum Gasteiger partial charge on any atom is -0.329 e. The Morgan fingerprint density at radius 1 is 0.800 bits per heavy atom. The van der Waals surface area contributed by atoms with Gasteiger partial charge in [0.25, 0.3) is 0 Å². The lowest BCUT2D eigenvalue weighted by Crippen LogP contribution is -2.49. The highest BCUT2D eigenvalue weighted by Gasteiger charge is 2.38. The third kappa shape index (κ3) is 3.22. The Hall–Kier alpha value is -0.0800. The molecule has 0 aromatic heterocycles. The maximum atomic E-state index is 6.25. The maximum Gasteiger partial charge on any atom is 0.0249 e. The van der Waals surface area contributed by atoms with E-state index in [1.54, 1.807) is 0 Å². The summed E-state index contributed by atoms with van der Waals surface area (Å²) in [5, 5.41) is 0. The van der Waals surface area contributed by atoms with Crippen molar-refractivity contribution in [3.63, 3.8) is 0 Å². The Bertz CT molecular complexity index is 277. The minimum atomic E-state index is 0.696. The van der Waals surface area contributed by atoms with Crippen LogP contribution in [0.5, 0.6) is 0 Å². The molecule has 3 aliphatic rings. The van der Waals surface area contributed by atoms with Crippen molar-refractivity contribution in [3.8, 4) is 0 Å². The Morgan fingerprint density at radius 2 is 1.45 bits per heavy atom. The molecule has 0 aromatic rings. The van der Waals surface area contributed by atoms with Crippen LogP contribution in [0.25, 0.3) is 0 Å². The number of hydrogen-bond acceptors (Lipinski definition) is 2. The molecule has 2 heteroatoms. The molecule has 0 radical (unpaired) electrons. The lowest BCUT2D eigenvalue weighted by molar-refractivity contribution is 0.0925. The predicted molar refractivity (Wildman–Crippen MR) is 85.7 cm³/mol. The van der Waals surface area contributed by atoms with Gasteiger partial charge in [0.15, 0.2) is 0 Å². The molecule has 2 aliphatic carbocycles. The third-order valence-electron chi connectivity index (χ3n) is 6.40. The quantitative estimate of drug-likeness (QED) is 0.789. The summed E-state index contributed by atoms with van der Waals surface area (Å²) in [5.41, 5.74) is 6.25. The monoisotopic (exact) mass is 278 g/mol. The third-order valence-corrected chi connectivity index (χ3v) is 6.40. The van der Waals surface area contributed by atoms with Gasteiger partial charge in [0.1, 0.15) is 0 Å². The fraction of sp³-hybridized carbons (Fsp3) is 1.00. The van der Waals surface area contributed by atoms with Crippen molar-refractivity contribution < 1.29 is 0 Å². The molecule has 3 fully saturated rings. The molecule has 1 aliphatic heterocycles. The lowest BCUT2D eigenvalue weighted by Gasteiger charge is -2.39. The highest BCUT2D eigenvalue weighted by molar-refractivity contribution is 4.93. The molecule has 2 unspecified atom stereocenters. The zero-order valence-corrected chi connectivity index (χ0v) is 13.2. The van der Waals surface area contributed by atoms with Crippen molar-refractivity contribution in [2.24, 2.45) is 17.6 Å². The van der Waals surface area contributed by atoms with Gasteiger partial charge >= 0.3 is 0 Å². The van der Waals surface area contributed by atoms with Gasteiger partial charge in [-0.2, -0.15) is 0 Å². The molecular formula is C18H34N2. The number of nitrogens with two attached hydrogens (primary N) is 1. The van der Waals surface area contributed by atoms with Gasteiger partial charge in [-0.05, 0) is 56.9 Å². The SMILES string of the molecule is NCC(C1CCCCCC1)N1CCCC1C1CCCC1. The number of rotatable bonds is 4. The fourth-order valence-corrected chi connectivity index (χ4v) is 5.37. The summed E-state index contributed by atoms with van der Waals surface area (Å²) in [6.45, 7) is 2.23. The van der Waals surface area contributed by atoms with Gasteiger partial charge in [-0.15, -0.1) is 0 Å². The molecule has 2 N–H and O–H groups in total. The molecule has 1 heterocycles. The normalized spacial score (nSPS) is 32.5. The molecule has 2 nitrogen and oxygen atoms in total.